The molecule has 1 saturated heterocycles. The van der Waals surface area contributed by atoms with Crippen molar-refractivity contribution in [1.82, 2.24) is 4.90 Å². The lowest BCUT2D eigenvalue weighted by Gasteiger charge is -2.34. The van der Waals surface area contributed by atoms with Crippen LogP contribution in [-0.4, -0.2) is 23.4 Å². The molecular formula is C16H19Cl2NO. The van der Waals surface area contributed by atoms with Crippen molar-refractivity contribution >= 4 is 35.2 Å². The van der Waals surface area contributed by atoms with Crippen molar-refractivity contribution in [2.45, 2.75) is 38.6 Å². The summed E-state index contributed by atoms with van der Waals surface area (Å²) in [7, 11) is 0. The fourth-order valence-electron chi connectivity index (χ4n) is 2.64. The Labute approximate surface area is 130 Å². The van der Waals surface area contributed by atoms with Gasteiger partial charge in [0.1, 0.15) is 0 Å². The smallest absolute Gasteiger partial charge is 0.246 e. The Hall–Kier alpha value is -0.990. The molecule has 4 heteroatoms. The van der Waals surface area contributed by atoms with Crippen LogP contribution in [0.2, 0.25) is 10.0 Å². The van der Waals surface area contributed by atoms with Crippen LogP contribution < -0.4 is 0 Å². The molecule has 0 aliphatic carbocycles. The standard InChI is InChI=1S/C16H19Cl2NO/c1-2-12-6-3-4-11-19(12)16(20)10-9-13-14(17)7-5-8-15(13)18/h5,7-10,12H,2-4,6,11H2,1H3. The predicted octanol–water partition coefficient (Wildman–Crippen LogP) is 4.80. The van der Waals surface area contributed by atoms with Gasteiger partial charge in [-0.05, 0) is 43.9 Å². The average molecular weight is 312 g/mol. The molecule has 20 heavy (non-hydrogen) atoms. The van der Waals surface area contributed by atoms with E-state index in [0.29, 0.717) is 21.7 Å². The number of hydrogen-bond donors (Lipinski definition) is 0. The van der Waals surface area contributed by atoms with Gasteiger partial charge in [0, 0.05) is 34.3 Å². The largest absolute Gasteiger partial charge is 0.336 e. The molecule has 0 aromatic heterocycles. The zero-order chi connectivity index (χ0) is 14.5. The highest BCUT2D eigenvalue weighted by atomic mass is 35.5. The molecule has 0 N–H and O–H groups in total. The Balaban J connectivity index is 2.12. The highest BCUT2D eigenvalue weighted by molar-refractivity contribution is 6.37. The molecule has 1 fully saturated rings. The molecule has 108 valence electrons. The number of amides is 1. The number of carbonyl (C=O) groups excluding carboxylic acids is 1. The van der Waals surface area contributed by atoms with Crippen LogP contribution in [0.15, 0.2) is 24.3 Å². The summed E-state index contributed by atoms with van der Waals surface area (Å²) in [6, 6.07) is 5.70. The number of likely N-dealkylation sites (tertiary alicyclic amines) is 1. The third-order valence-corrected chi connectivity index (χ3v) is 4.43. The first kappa shape index (κ1) is 15.4. The molecule has 0 saturated carbocycles. The SMILES string of the molecule is CCC1CCCCN1C(=O)C=Cc1c(Cl)cccc1Cl. The van der Waals surface area contributed by atoms with Gasteiger partial charge >= 0.3 is 0 Å². The average Bonchev–Trinajstić information content (AvgIpc) is 2.46. The van der Waals surface area contributed by atoms with E-state index in [4.69, 9.17) is 23.2 Å². The van der Waals surface area contributed by atoms with Crippen LogP contribution >= 0.6 is 23.2 Å². The van der Waals surface area contributed by atoms with Gasteiger partial charge in [0.15, 0.2) is 0 Å². The number of rotatable bonds is 3. The van der Waals surface area contributed by atoms with Crippen LogP contribution in [0.3, 0.4) is 0 Å². The van der Waals surface area contributed by atoms with Crippen LogP contribution in [0.1, 0.15) is 38.2 Å². The van der Waals surface area contributed by atoms with Gasteiger partial charge in [0.25, 0.3) is 0 Å². The Kier molecular flexibility index (Phi) is 5.50. The maximum Gasteiger partial charge on any atom is 0.246 e. The Morgan fingerprint density at radius 3 is 2.70 bits per heavy atom. The second kappa shape index (κ2) is 7.14. The molecule has 1 aliphatic rings. The van der Waals surface area contributed by atoms with Crippen molar-refractivity contribution in [3.63, 3.8) is 0 Å². The molecule has 0 bridgehead atoms. The van der Waals surface area contributed by atoms with E-state index >= 15 is 0 Å². The summed E-state index contributed by atoms with van der Waals surface area (Å²) in [4.78, 5) is 14.3. The molecule has 1 aromatic rings. The second-order valence-corrected chi connectivity index (χ2v) is 5.87. The predicted molar refractivity (Wildman–Crippen MR) is 85.1 cm³/mol. The first-order valence-electron chi connectivity index (χ1n) is 7.06. The Bertz CT molecular complexity index is 493. The normalized spacial score (nSPS) is 19.6. The third-order valence-electron chi connectivity index (χ3n) is 3.77. The first-order chi connectivity index (χ1) is 9.63. The molecule has 1 aliphatic heterocycles. The maximum atomic E-state index is 12.3. The van der Waals surface area contributed by atoms with Gasteiger partial charge in [-0.25, -0.2) is 0 Å². The molecule has 1 aromatic carbocycles. The molecule has 1 atom stereocenters. The van der Waals surface area contributed by atoms with Gasteiger partial charge in [0.2, 0.25) is 5.91 Å². The molecule has 1 amide bonds. The quantitative estimate of drug-likeness (QED) is 0.734. The fraction of sp³-hybridized carbons (Fsp3) is 0.438. The van der Waals surface area contributed by atoms with E-state index in [-0.39, 0.29) is 5.91 Å². The van der Waals surface area contributed by atoms with Gasteiger partial charge in [0.05, 0.1) is 0 Å². The second-order valence-electron chi connectivity index (χ2n) is 5.06. The monoisotopic (exact) mass is 311 g/mol. The van der Waals surface area contributed by atoms with Crippen LogP contribution in [0.25, 0.3) is 6.08 Å². The van der Waals surface area contributed by atoms with Crippen LogP contribution in [0.5, 0.6) is 0 Å². The minimum absolute atomic E-state index is 0.0486. The zero-order valence-corrected chi connectivity index (χ0v) is 13.1. The van der Waals surface area contributed by atoms with Gasteiger partial charge in [-0.2, -0.15) is 0 Å². The van der Waals surface area contributed by atoms with E-state index < -0.39 is 0 Å². The van der Waals surface area contributed by atoms with Crippen molar-refractivity contribution in [3.05, 3.63) is 39.9 Å². The summed E-state index contributed by atoms with van der Waals surface area (Å²) in [5, 5.41) is 1.12. The van der Waals surface area contributed by atoms with E-state index in [1.807, 2.05) is 4.90 Å². The highest BCUT2D eigenvalue weighted by Gasteiger charge is 2.23. The summed E-state index contributed by atoms with van der Waals surface area (Å²) in [6.07, 6.45) is 7.70. The lowest BCUT2D eigenvalue weighted by molar-refractivity contribution is -0.129. The van der Waals surface area contributed by atoms with Crippen LogP contribution in [-0.2, 0) is 4.79 Å². The number of piperidine rings is 1. The van der Waals surface area contributed by atoms with Crippen molar-refractivity contribution in [2.75, 3.05) is 6.54 Å². The summed E-state index contributed by atoms with van der Waals surface area (Å²) >= 11 is 12.2. The molecule has 1 unspecified atom stereocenters. The van der Waals surface area contributed by atoms with Crippen molar-refractivity contribution < 1.29 is 4.79 Å². The van der Waals surface area contributed by atoms with E-state index in [0.717, 1.165) is 25.8 Å². The molecule has 0 spiro atoms. The summed E-state index contributed by atoms with van der Waals surface area (Å²) in [5.74, 6) is 0.0486. The van der Waals surface area contributed by atoms with E-state index in [1.54, 1.807) is 30.4 Å². The molecular weight excluding hydrogens is 293 g/mol. The first-order valence-corrected chi connectivity index (χ1v) is 7.81. The third kappa shape index (κ3) is 3.56. The Morgan fingerprint density at radius 2 is 2.05 bits per heavy atom. The van der Waals surface area contributed by atoms with Gasteiger partial charge in [-0.3, -0.25) is 4.79 Å². The summed E-state index contributed by atoms with van der Waals surface area (Å²) in [5.41, 5.74) is 0.703. The highest BCUT2D eigenvalue weighted by Crippen LogP contribution is 2.26. The van der Waals surface area contributed by atoms with Crippen LogP contribution in [0, 0.1) is 0 Å². The number of halogens is 2. The van der Waals surface area contributed by atoms with Crippen molar-refractivity contribution in [1.29, 1.82) is 0 Å². The molecule has 2 rings (SSSR count). The lowest BCUT2D eigenvalue weighted by atomic mass is 10.00. The molecule has 0 radical (unpaired) electrons. The van der Waals surface area contributed by atoms with E-state index in [1.165, 1.54) is 6.42 Å². The van der Waals surface area contributed by atoms with E-state index in [9.17, 15) is 4.79 Å². The van der Waals surface area contributed by atoms with Gasteiger partial charge in [-0.1, -0.05) is 36.2 Å². The summed E-state index contributed by atoms with van der Waals surface area (Å²) < 4.78 is 0. The Morgan fingerprint density at radius 1 is 1.35 bits per heavy atom. The van der Waals surface area contributed by atoms with Crippen molar-refractivity contribution in [3.8, 4) is 0 Å². The number of nitrogens with zero attached hydrogens (tertiary/aromatic N) is 1. The number of hydrogen-bond acceptors (Lipinski definition) is 1. The summed E-state index contributed by atoms with van der Waals surface area (Å²) in [6.45, 7) is 2.98. The minimum Gasteiger partial charge on any atom is -0.336 e. The number of benzene rings is 1. The van der Waals surface area contributed by atoms with Gasteiger partial charge < -0.3 is 4.90 Å². The fourth-order valence-corrected chi connectivity index (χ4v) is 3.16. The lowest BCUT2D eigenvalue weighted by Crippen LogP contribution is -2.42. The van der Waals surface area contributed by atoms with Crippen LogP contribution in [0.4, 0.5) is 0 Å². The minimum atomic E-state index is 0.0486. The zero-order valence-electron chi connectivity index (χ0n) is 11.6. The van der Waals surface area contributed by atoms with Gasteiger partial charge in [-0.15, -0.1) is 0 Å². The molecule has 2 nitrogen and oxygen atoms in total. The van der Waals surface area contributed by atoms with Crippen molar-refractivity contribution in [2.24, 2.45) is 0 Å². The topological polar surface area (TPSA) is 20.3 Å². The van der Waals surface area contributed by atoms with E-state index in [2.05, 4.69) is 6.92 Å². The molecule has 1 heterocycles. The number of carbonyl (C=O) groups is 1. The maximum absolute atomic E-state index is 12.3.